The lowest BCUT2D eigenvalue weighted by Gasteiger charge is -2.44. The molecule has 3 nitrogen and oxygen atoms in total. The van der Waals surface area contributed by atoms with Gasteiger partial charge in [-0.15, -0.1) is 12.4 Å². The number of piperidine rings is 1. The quantitative estimate of drug-likeness (QED) is 0.724. The summed E-state index contributed by atoms with van der Waals surface area (Å²) < 4.78 is 0. The zero-order valence-electron chi connectivity index (χ0n) is 11.2. The Kier molecular flexibility index (Phi) is 4.48. The summed E-state index contributed by atoms with van der Waals surface area (Å²) in [5.74, 6) is 0.340. The molecule has 2 heterocycles. The normalized spacial score (nSPS) is 23.6. The van der Waals surface area contributed by atoms with Gasteiger partial charge in [-0.3, -0.25) is 4.79 Å². The fraction of sp³-hybridized carbons (Fsp3) is 0.923. The standard InChI is InChI=1S/C13H24N2O.ClH/c1-12(2,3)11(16)15-10-4-5-13(15)6-8-14-9-7-13;/h14H,4-10H2,1-3H3;1H. The molecule has 2 fully saturated rings. The molecule has 0 aromatic heterocycles. The van der Waals surface area contributed by atoms with Crippen molar-refractivity contribution in [1.29, 1.82) is 0 Å². The molecule has 4 heteroatoms. The summed E-state index contributed by atoms with van der Waals surface area (Å²) in [6, 6.07) is 0. The Balaban J connectivity index is 0.00000144. The molecule has 0 unspecified atom stereocenters. The van der Waals surface area contributed by atoms with Gasteiger partial charge in [-0.05, 0) is 38.8 Å². The number of nitrogens with zero attached hydrogens (tertiary/aromatic N) is 1. The number of carbonyl (C=O) groups excluding carboxylic acids is 1. The van der Waals surface area contributed by atoms with Crippen LogP contribution < -0.4 is 5.32 Å². The van der Waals surface area contributed by atoms with Crippen molar-refractivity contribution >= 4 is 18.3 Å². The molecular weight excluding hydrogens is 236 g/mol. The Hall–Kier alpha value is -0.280. The van der Waals surface area contributed by atoms with Crippen LogP contribution in [0.1, 0.15) is 46.5 Å². The number of carbonyl (C=O) groups is 1. The highest BCUT2D eigenvalue weighted by molar-refractivity contribution is 5.85. The largest absolute Gasteiger partial charge is 0.336 e. The molecule has 1 N–H and O–H groups in total. The first-order chi connectivity index (χ1) is 7.46. The molecule has 1 amide bonds. The third-order valence-corrected chi connectivity index (χ3v) is 4.02. The zero-order chi connectivity index (χ0) is 11.8. The predicted octanol–water partition coefficient (Wildman–Crippen LogP) is 2.20. The van der Waals surface area contributed by atoms with E-state index in [0.717, 1.165) is 32.5 Å². The van der Waals surface area contributed by atoms with Crippen molar-refractivity contribution in [2.75, 3.05) is 19.6 Å². The Morgan fingerprint density at radius 3 is 2.29 bits per heavy atom. The Morgan fingerprint density at radius 1 is 1.18 bits per heavy atom. The first kappa shape index (κ1) is 14.8. The lowest BCUT2D eigenvalue weighted by molar-refractivity contribution is -0.144. The average Bonchev–Trinajstić information content (AvgIpc) is 2.60. The van der Waals surface area contributed by atoms with Crippen LogP contribution in [0.3, 0.4) is 0 Å². The molecule has 0 aromatic carbocycles. The molecular formula is C13H25ClN2O. The van der Waals surface area contributed by atoms with Crippen LogP contribution in [0.15, 0.2) is 0 Å². The van der Waals surface area contributed by atoms with Gasteiger partial charge in [0.1, 0.15) is 0 Å². The van der Waals surface area contributed by atoms with E-state index in [1.54, 1.807) is 0 Å². The zero-order valence-corrected chi connectivity index (χ0v) is 12.0. The smallest absolute Gasteiger partial charge is 0.228 e. The average molecular weight is 261 g/mol. The van der Waals surface area contributed by atoms with E-state index in [2.05, 4.69) is 10.2 Å². The van der Waals surface area contributed by atoms with E-state index in [-0.39, 0.29) is 23.4 Å². The minimum Gasteiger partial charge on any atom is -0.336 e. The molecule has 0 saturated carbocycles. The topological polar surface area (TPSA) is 32.3 Å². The van der Waals surface area contributed by atoms with E-state index in [9.17, 15) is 4.79 Å². The van der Waals surface area contributed by atoms with Crippen molar-refractivity contribution in [2.24, 2.45) is 5.41 Å². The van der Waals surface area contributed by atoms with Crippen LogP contribution in [-0.4, -0.2) is 36.0 Å². The van der Waals surface area contributed by atoms with Crippen LogP contribution in [-0.2, 0) is 4.79 Å². The van der Waals surface area contributed by atoms with E-state index in [1.165, 1.54) is 12.8 Å². The number of nitrogens with one attached hydrogen (secondary N) is 1. The van der Waals surface area contributed by atoms with Gasteiger partial charge in [-0.2, -0.15) is 0 Å². The summed E-state index contributed by atoms with van der Waals surface area (Å²) in [6.07, 6.45) is 4.65. The van der Waals surface area contributed by atoms with Gasteiger partial charge >= 0.3 is 0 Å². The van der Waals surface area contributed by atoms with Gasteiger partial charge in [-0.1, -0.05) is 20.8 Å². The Labute approximate surface area is 111 Å². The first-order valence-electron chi connectivity index (χ1n) is 6.49. The molecule has 2 aliphatic heterocycles. The first-order valence-corrected chi connectivity index (χ1v) is 6.49. The summed E-state index contributed by atoms with van der Waals surface area (Å²) in [4.78, 5) is 14.6. The number of likely N-dealkylation sites (tertiary alicyclic amines) is 1. The van der Waals surface area contributed by atoms with Gasteiger partial charge in [0.2, 0.25) is 5.91 Å². The van der Waals surface area contributed by atoms with Crippen LogP contribution in [0.25, 0.3) is 0 Å². The second-order valence-electron chi connectivity index (χ2n) is 6.28. The molecule has 1 spiro atoms. The van der Waals surface area contributed by atoms with Gasteiger partial charge in [0.15, 0.2) is 0 Å². The molecule has 0 bridgehead atoms. The van der Waals surface area contributed by atoms with Gasteiger partial charge in [-0.25, -0.2) is 0 Å². The SMILES string of the molecule is CC(C)(C)C(=O)N1CCCC12CCNCC2.Cl. The van der Waals surface area contributed by atoms with Crippen LogP contribution >= 0.6 is 12.4 Å². The Bertz CT molecular complexity index is 280. The van der Waals surface area contributed by atoms with E-state index < -0.39 is 0 Å². The maximum atomic E-state index is 12.4. The highest BCUT2D eigenvalue weighted by Gasteiger charge is 2.46. The molecule has 0 aliphatic carbocycles. The van der Waals surface area contributed by atoms with Crippen molar-refractivity contribution in [1.82, 2.24) is 10.2 Å². The van der Waals surface area contributed by atoms with Crippen LogP contribution in [0.2, 0.25) is 0 Å². The minimum atomic E-state index is -0.234. The molecule has 0 aromatic rings. The fourth-order valence-electron chi connectivity index (χ4n) is 3.07. The molecule has 17 heavy (non-hydrogen) atoms. The summed E-state index contributed by atoms with van der Waals surface area (Å²) in [5.41, 5.74) is -0.0438. The van der Waals surface area contributed by atoms with E-state index >= 15 is 0 Å². The Morgan fingerprint density at radius 2 is 1.76 bits per heavy atom. The van der Waals surface area contributed by atoms with E-state index in [0.29, 0.717) is 5.91 Å². The summed E-state index contributed by atoms with van der Waals surface area (Å²) >= 11 is 0. The van der Waals surface area contributed by atoms with Gasteiger partial charge in [0.25, 0.3) is 0 Å². The van der Waals surface area contributed by atoms with Crippen molar-refractivity contribution in [3.63, 3.8) is 0 Å². The third-order valence-electron chi connectivity index (χ3n) is 4.02. The molecule has 0 radical (unpaired) electrons. The van der Waals surface area contributed by atoms with Crippen molar-refractivity contribution in [2.45, 2.75) is 52.0 Å². The fourth-order valence-corrected chi connectivity index (χ4v) is 3.07. The summed E-state index contributed by atoms with van der Waals surface area (Å²) in [5, 5.41) is 3.40. The van der Waals surface area contributed by atoms with Gasteiger partial charge < -0.3 is 10.2 Å². The molecule has 2 rings (SSSR count). The number of hydrogen-bond acceptors (Lipinski definition) is 2. The second-order valence-corrected chi connectivity index (χ2v) is 6.28. The number of amides is 1. The van der Waals surface area contributed by atoms with Crippen molar-refractivity contribution in [3.8, 4) is 0 Å². The molecule has 100 valence electrons. The van der Waals surface area contributed by atoms with Crippen molar-refractivity contribution < 1.29 is 4.79 Å². The van der Waals surface area contributed by atoms with Crippen LogP contribution in [0.4, 0.5) is 0 Å². The third kappa shape index (κ3) is 2.76. The summed E-state index contributed by atoms with van der Waals surface area (Å²) in [7, 11) is 0. The minimum absolute atomic E-state index is 0. The highest BCUT2D eigenvalue weighted by atomic mass is 35.5. The lowest BCUT2D eigenvalue weighted by Crippen LogP contribution is -2.55. The number of hydrogen-bond donors (Lipinski definition) is 1. The summed E-state index contributed by atoms with van der Waals surface area (Å²) in [6.45, 7) is 9.19. The van der Waals surface area contributed by atoms with Gasteiger partial charge in [0, 0.05) is 17.5 Å². The predicted molar refractivity (Wildman–Crippen MR) is 72.5 cm³/mol. The second kappa shape index (κ2) is 5.15. The van der Waals surface area contributed by atoms with Crippen molar-refractivity contribution in [3.05, 3.63) is 0 Å². The van der Waals surface area contributed by atoms with Crippen LogP contribution in [0.5, 0.6) is 0 Å². The highest BCUT2D eigenvalue weighted by Crippen LogP contribution is 2.39. The number of halogens is 1. The molecule has 2 saturated heterocycles. The lowest BCUT2D eigenvalue weighted by atomic mass is 9.83. The monoisotopic (exact) mass is 260 g/mol. The van der Waals surface area contributed by atoms with E-state index in [4.69, 9.17) is 0 Å². The maximum absolute atomic E-state index is 12.4. The van der Waals surface area contributed by atoms with Gasteiger partial charge in [0.05, 0.1) is 0 Å². The maximum Gasteiger partial charge on any atom is 0.228 e. The molecule has 0 atom stereocenters. The number of rotatable bonds is 0. The van der Waals surface area contributed by atoms with Crippen LogP contribution in [0, 0.1) is 5.41 Å². The molecule has 2 aliphatic rings. The van der Waals surface area contributed by atoms with E-state index in [1.807, 2.05) is 20.8 Å².